The smallest absolute Gasteiger partial charge is 0.326 e. The highest BCUT2D eigenvalue weighted by atomic mass is 16.4. The van der Waals surface area contributed by atoms with Crippen LogP contribution < -0.4 is 10.6 Å². The van der Waals surface area contributed by atoms with Crippen molar-refractivity contribution in [2.24, 2.45) is 0 Å². The molecule has 0 aliphatic rings. The Morgan fingerprint density at radius 1 is 0.730 bits per heavy atom. The topological polar surface area (TPSA) is 95.5 Å². The second-order valence-electron chi connectivity index (χ2n) is 9.36. The summed E-state index contributed by atoms with van der Waals surface area (Å²) in [5.41, 5.74) is 2.01. The predicted molar refractivity (Wildman–Crippen MR) is 146 cm³/mol. The summed E-state index contributed by atoms with van der Waals surface area (Å²) in [6.07, 6.45) is 1.84. The van der Waals surface area contributed by atoms with Gasteiger partial charge in [-0.1, -0.05) is 84.9 Å². The lowest BCUT2D eigenvalue weighted by Gasteiger charge is -2.15. The van der Waals surface area contributed by atoms with E-state index in [2.05, 4.69) is 65.2 Å². The molecule has 1 atom stereocenters. The maximum Gasteiger partial charge on any atom is 0.326 e. The van der Waals surface area contributed by atoms with Crippen molar-refractivity contribution in [2.45, 2.75) is 31.7 Å². The zero-order valence-corrected chi connectivity index (χ0v) is 20.4. The molecule has 0 aromatic heterocycles. The zero-order valence-electron chi connectivity index (χ0n) is 20.4. The maximum absolute atomic E-state index is 12.4. The maximum atomic E-state index is 12.4. The quantitative estimate of drug-likeness (QED) is 0.243. The molecule has 5 rings (SSSR count). The van der Waals surface area contributed by atoms with Crippen molar-refractivity contribution >= 4 is 50.1 Å². The summed E-state index contributed by atoms with van der Waals surface area (Å²) >= 11 is 0. The Morgan fingerprint density at radius 3 is 2.14 bits per heavy atom. The van der Waals surface area contributed by atoms with Crippen LogP contribution in [0.3, 0.4) is 0 Å². The van der Waals surface area contributed by atoms with Gasteiger partial charge in [0.25, 0.3) is 0 Å². The molecule has 6 nitrogen and oxygen atoms in total. The minimum Gasteiger partial charge on any atom is -0.480 e. The molecule has 0 radical (unpaired) electrons. The number of aliphatic carboxylic acids is 1. The number of hydrogen-bond acceptors (Lipinski definition) is 3. The second-order valence-corrected chi connectivity index (χ2v) is 9.36. The highest BCUT2D eigenvalue weighted by Crippen LogP contribution is 2.36. The molecule has 0 heterocycles. The molecule has 0 aliphatic heterocycles. The van der Waals surface area contributed by atoms with E-state index in [1.54, 1.807) is 0 Å². The summed E-state index contributed by atoms with van der Waals surface area (Å²) in [5.74, 6) is -1.87. The summed E-state index contributed by atoms with van der Waals surface area (Å²) in [6.45, 7) is -0.254. The molecule has 0 bridgehead atoms. The average Bonchev–Trinajstić information content (AvgIpc) is 2.91. The number of carbonyl (C=O) groups excluding carboxylic acids is 2. The number of hydrogen-bond donors (Lipinski definition) is 3. The molecular weight excluding hydrogens is 464 g/mol. The van der Waals surface area contributed by atoms with Crippen LogP contribution in [0.2, 0.25) is 0 Å². The van der Waals surface area contributed by atoms with E-state index in [9.17, 15) is 19.5 Å². The highest BCUT2D eigenvalue weighted by Gasteiger charge is 2.20. The van der Waals surface area contributed by atoms with Gasteiger partial charge in [-0.25, -0.2) is 4.79 Å². The lowest BCUT2D eigenvalue weighted by atomic mass is 9.90. The van der Waals surface area contributed by atoms with Crippen molar-refractivity contribution in [3.8, 4) is 0 Å². The van der Waals surface area contributed by atoms with E-state index in [0.717, 1.165) is 12.0 Å². The average molecular weight is 493 g/mol. The van der Waals surface area contributed by atoms with Gasteiger partial charge in [0.15, 0.2) is 0 Å². The standard InChI is InChI=1S/C31H28N2O4/c34-27(32-19-28(35)33-26(31(36)37)18-20-6-2-1-3-7-20)11-5-8-21-12-13-24-15-14-22-9-4-10-23-16-17-25(21)30(24)29(22)23/h1-4,6-7,9-10,12-17,26H,5,8,11,18-19H2,(H,32,34)(H,33,35)(H,36,37)/t26-/m0/s1. The van der Waals surface area contributed by atoms with Crippen LogP contribution in [0, 0.1) is 0 Å². The minimum absolute atomic E-state index is 0.176. The van der Waals surface area contributed by atoms with Crippen molar-refractivity contribution in [2.75, 3.05) is 6.54 Å². The van der Waals surface area contributed by atoms with E-state index < -0.39 is 17.9 Å². The van der Waals surface area contributed by atoms with E-state index in [-0.39, 0.29) is 25.3 Å². The molecule has 5 aromatic carbocycles. The largest absolute Gasteiger partial charge is 0.480 e. The number of aryl methyl sites for hydroxylation is 1. The van der Waals surface area contributed by atoms with Crippen LogP contribution >= 0.6 is 0 Å². The fraction of sp³-hybridized carbons (Fsp3) is 0.194. The molecular formula is C31H28N2O4. The van der Waals surface area contributed by atoms with Crippen LogP contribution in [0.1, 0.15) is 24.0 Å². The third-order valence-electron chi connectivity index (χ3n) is 6.83. The van der Waals surface area contributed by atoms with Crippen LogP contribution in [0.4, 0.5) is 0 Å². The SMILES string of the molecule is O=C(CCCc1ccc2ccc3cccc4ccc1c2c34)NCC(=O)N[C@@H](Cc1ccccc1)C(=O)O. The van der Waals surface area contributed by atoms with Gasteiger partial charge in [0.05, 0.1) is 6.54 Å². The normalized spacial score (nSPS) is 12.1. The molecule has 186 valence electrons. The summed E-state index contributed by atoms with van der Waals surface area (Å²) in [7, 11) is 0. The van der Waals surface area contributed by atoms with Crippen LogP contribution in [0.25, 0.3) is 32.3 Å². The van der Waals surface area contributed by atoms with Crippen LogP contribution in [-0.4, -0.2) is 35.5 Å². The Kier molecular flexibility index (Phi) is 6.99. The Balaban J connectivity index is 1.15. The van der Waals surface area contributed by atoms with E-state index >= 15 is 0 Å². The fourth-order valence-corrected chi connectivity index (χ4v) is 5.02. The summed E-state index contributed by atoms with van der Waals surface area (Å²) < 4.78 is 0. The number of carboxylic acid groups (broad SMARTS) is 1. The first-order valence-electron chi connectivity index (χ1n) is 12.5. The van der Waals surface area contributed by atoms with Gasteiger partial charge in [-0.05, 0) is 56.3 Å². The monoisotopic (exact) mass is 492 g/mol. The minimum atomic E-state index is -1.11. The summed E-state index contributed by atoms with van der Waals surface area (Å²) in [6, 6.07) is 27.3. The second kappa shape index (κ2) is 10.7. The molecule has 0 saturated heterocycles. The predicted octanol–water partition coefficient (Wildman–Crippen LogP) is 4.84. The molecule has 0 fully saturated rings. The molecule has 6 heteroatoms. The molecule has 0 spiro atoms. The Morgan fingerprint density at radius 2 is 1.41 bits per heavy atom. The van der Waals surface area contributed by atoms with Crippen molar-refractivity contribution < 1.29 is 19.5 Å². The van der Waals surface area contributed by atoms with Crippen molar-refractivity contribution in [1.29, 1.82) is 0 Å². The van der Waals surface area contributed by atoms with Gasteiger partial charge in [0.1, 0.15) is 6.04 Å². The van der Waals surface area contributed by atoms with Gasteiger partial charge in [0, 0.05) is 12.8 Å². The van der Waals surface area contributed by atoms with E-state index in [1.807, 2.05) is 30.3 Å². The molecule has 0 saturated carbocycles. The first-order chi connectivity index (χ1) is 18.0. The fourth-order valence-electron chi connectivity index (χ4n) is 5.02. The molecule has 0 aliphatic carbocycles. The Labute approximate surface area is 214 Å². The van der Waals surface area contributed by atoms with Crippen LogP contribution in [0.15, 0.2) is 84.9 Å². The number of amides is 2. The van der Waals surface area contributed by atoms with Gasteiger partial charge in [-0.15, -0.1) is 0 Å². The third kappa shape index (κ3) is 5.38. The molecule has 2 amide bonds. The summed E-state index contributed by atoms with van der Waals surface area (Å²) in [5, 5.41) is 21.9. The number of nitrogens with one attached hydrogen (secondary N) is 2. The Bertz CT molecular complexity index is 1560. The van der Waals surface area contributed by atoms with Gasteiger partial charge < -0.3 is 15.7 Å². The van der Waals surface area contributed by atoms with Gasteiger partial charge in [-0.2, -0.15) is 0 Å². The number of carbonyl (C=O) groups is 3. The van der Waals surface area contributed by atoms with Gasteiger partial charge in [0.2, 0.25) is 11.8 Å². The van der Waals surface area contributed by atoms with E-state index in [4.69, 9.17) is 0 Å². The van der Waals surface area contributed by atoms with E-state index in [1.165, 1.54) is 37.9 Å². The van der Waals surface area contributed by atoms with Crippen LogP contribution in [-0.2, 0) is 27.2 Å². The van der Waals surface area contributed by atoms with Gasteiger partial charge >= 0.3 is 5.97 Å². The first kappa shape index (κ1) is 24.3. The zero-order chi connectivity index (χ0) is 25.8. The number of carboxylic acids is 1. The van der Waals surface area contributed by atoms with Crippen LogP contribution in [0.5, 0.6) is 0 Å². The van der Waals surface area contributed by atoms with E-state index in [0.29, 0.717) is 6.42 Å². The molecule has 3 N–H and O–H groups in total. The third-order valence-corrected chi connectivity index (χ3v) is 6.83. The van der Waals surface area contributed by atoms with Crippen molar-refractivity contribution in [3.05, 3.63) is 96.1 Å². The lowest BCUT2D eigenvalue weighted by molar-refractivity contribution is -0.141. The van der Waals surface area contributed by atoms with Gasteiger partial charge in [-0.3, -0.25) is 9.59 Å². The molecule has 0 unspecified atom stereocenters. The number of rotatable bonds is 10. The summed E-state index contributed by atoms with van der Waals surface area (Å²) in [4.78, 5) is 36.2. The Hall–Kier alpha value is -4.45. The number of benzene rings is 5. The van der Waals surface area contributed by atoms with Crippen molar-refractivity contribution in [3.63, 3.8) is 0 Å². The lowest BCUT2D eigenvalue weighted by Crippen LogP contribution is -2.46. The molecule has 37 heavy (non-hydrogen) atoms. The van der Waals surface area contributed by atoms with Crippen molar-refractivity contribution in [1.82, 2.24) is 10.6 Å². The highest BCUT2D eigenvalue weighted by molar-refractivity contribution is 6.23. The first-order valence-corrected chi connectivity index (χ1v) is 12.5. The molecule has 5 aromatic rings.